The maximum atomic E-state index is 11.4. The Morgan fingerprint density at radius 1 is 1.24 bits per heavy atom. The average molecular weight is 238 g/mol. The summed E-state index contributed by atoms with van der Waals surface area (Å²) >= 11 is 0. The minimum Gasteiger partial charge on any atom is -0.454 e. The number of carbonyl (C=O) groups is 1. The van der Waals surface area contributed by atoms with Crippen molar-refractivity contribution in [1.82, 2.24) is 0 Å². The predicted molar refractivity (Wildman–Crippen MR) is 59.4 cm³/mol. The minimum absolute atomic E-state index is 0.186. The molecule has 5 nitrogen and oxygen atoms in total. The van der Waals surface area contributed by atoms with E-state index in [1.54, 1.807) is 39.0 Å². The van der Waals surface area contributed by atoms with E-state index in [0.717, 1.165) is 0 Å². The van der Waals surface area contributed by atoms with Crippen molar-refractivity contribution in [3.63, 3.8) is 0 Å². The molecule has 0 amide bonds. The van der Waals surface area contributed by atoms with Gasteiger partial charge in [-0.2, -0.15) is 0 Å². The Hall–Kier alpha value is -1.91. The molecule has 0 saturated heterocycles. The van der Waals surface area contributed by atoms with E-state index in [2.05, 4.69) is 0 Å². The van der Waals surface area contributed by atoms with Crippen LogP contribution in [0, 0.1) is 0 Å². The molecule has 0 aromatic heterocycles. The summed E-state index contributed by atoms with van der Waals surface area (Å²) in [7, 11) is 0. The summed E-state index contributed by atoms with van der Waals surface area (Å²) in [5, 5.41) is 0. The molecule has 1 aliphatic heterocycles. The minimum atomic E-state index is -0.739. The van der Waals surface area contributed by atoms with E-state index in [4.69, 9.17) is 18.9 Å². The molecule has 2 rings (SSSR count). The molecule has 1 aromatic carbocycles. The van der Waals surface area contributed by atoms with E-state index < -0.39 is 11.8 Å². The van der Waals surface area contributed by atoms with Gasteiger partial charge in [-0.1, -0.05) is 0 Å². The fourth-order valence-corrected chi connectivity index (χ4v) is 1.31. The lowest BCUT2D eigenvalue weighted by atomic mass is 10.2. The highest BCUT2D eigenvalue weighted by atomic mass is 16.7. The molecule has 1 aromatic rings. The van der Waals surface area contributed by atoms with Gasteiger partial charge in [-0.15, -0.1) is 0 Å². The summed E-state index contributed by atoms with van der Waals surface area (Å²) in [5.41, 5.74) is -0.576. The van der Waals surface area contributed by atoms with Gasteiger partial charge in [-0.25, -0.2) is 4.79 Å². The molecule has 0 fully saturated rings. The number of carbonyl (C=O) groups excluding carboxylic acids is 1. The summed E-state index contributed by atoms with van der Waals surface area (Å²) in [6.07, 6.45) is -0.739. The van der Waals surface area contributed by atoms with Gasteiger partial charge < -0.3 is 18.9 Å². The molecule has 1 aliphatic rings. The number of hydrogen-bond donors (Lipinski definition) is 0. The second-order valence-electron chi connectivity index (χ2n) is 4.58. The number of ether oxygens (including phenoxy) is 4. The predicted octanol–water partition coefficient (Wildman–Crippen LogP) is 2.73. The molecule has 0 spiro atoms. The van der Waals surface area contributed by atoms with Crippen LogP contribution in [0.2, 0.25) is 0 Å². The Morgan fingerprint density at radius 3 is 2.65 bits per heavy atom. The van der Waals surface area contributed by atoms with Crippen LogP contribution in [-0.2, 0) is 4.74 Å². The fraction of sp³-hybridized carbons (Fsp3) is 0.417. The van der Waals surface area contributed by atoms with E-state index in [1.807, 2.05) is 0 Å². The third-order valence-electron chi connectivity index (χ3n) is 1.93. The highest BCUT2D eigenvalue weighted by molar-refractivity contribution is 5.65. The molecule has 5 heteroatoms. The molecule has 0 bridgehead atoms. The molecular formula is C12H14O5. The van der Waals surface area contributed by atoms with Gasteiger partial charge in [0.05, 0.1) is 0 Å². The second-order valence-corrected chi connectivity index (χ2v) is 4.58. The molecule has 0 atom stereocenters. The van der Waals surface area contributed by atoms with Gasteiger partial charge in [-0.05, 0) is 32.9 Å². The van der Waals surface area contributed by atoms with Gasteiger partial charge in [0.25, 0.3) is 0 Å². The van der Waals surface area contributed by atoms with Gasteiger partial charge in [0.1, 0.15) is 11.4 Å². The van der Waals surface area contributed by atoms with E-state index in [9.17, 15) is 4.79 Å². The Bertz CT molecular complexity index is 433. The SMILES string of the molecule is CC(C)(C)OC(=O)Oc1ccc2c(c1)OCO2. The summed E-state index contributed by atoms with van der Waals surface area (Å²) in [4.78, 5) is 11.4. The molecule has 0 radical (unpaired) electrons. The van der Waals surface area contributed by atoms with Crippen LogP contribution in [0.4, 0.5) is 4.79 Å². The van der Waals surface area contributed by atoms with Crippen molar-refractivity contribution in [3.05, 3.63) is 18.2 Å². The zero-order valence-corrected chi connectivity index (χ0v) is 9.98. The smallest absolute Gasteiger partial charge is 0.454 e. The van der Waals surface area contributed by atoms with Crippen molar-refractivity contribution in [2.75, 3.05) is 6.79 Å². The van der Waals surface area contributed by atoms with Gasteiger partial charge in [0.2, 0.25) is 6.79 Å². The van der Waals surface area contributed by atoms with E-state index in [1.165, 1.54) is 0 Å². The summed E-state index contributed by atoms with van der Waals surface area (Å²) in [6, 6.07) is 4.89. The highest BCUT2D eigenvalue weighted by Crippen LogP contribution is 2.35. The van der Waals surface area contributed by atoms with Crippen LogP contribution in [0.15, 0.2) is 18.2 Å². The van der Waals surface area contributed by atoms with Crippen molar-refractivity contribution in [2.24, 2.45) is 0 Å². The highest BCUT2D eigenvalue weighted by Gasteiger charge is 2.19. The van der Waals surface area contributed by atoms with Crippen LogP contribution < -0.4 is 14.2 Å². The lowest BCUT2D eigenvalue weighted by Crippen LogP contribution is -2.25. The molecule has 1 heterocycles. The fourth-order valence-electron chi connectivity index (χ4n) is 1.31. The monoisotopic (exact) mass is 238 g/mol. The lowest BCUT2D eigenvalue weighted by Gasteiger charge is -2.18. The van der Waals surface area contributed by atoms with Gasteiger partial charge in [0.15, 0.2) is 11.5 Å². The maximum Gasteiger partial charge on any atom is 0.514 e. The quantitative estimate of drug-likeness (QED) is 0.556. The topological polar surface area (TPSA) is 54.0 Å². The molecule has 0 N–H and O–H groups in total. The van der Waals surface area contributed by atoms with Crippen molar-refractivity contribution >= 4 is 6.16 Å². The van der Waals surface area contributed by atoms with Crippen LogP contribution in [0.3, 0.4) is 0 Å². The second kappa shape index (κ2) is 4.16. The first-order valence-corrected chi connectivity index (χ1v) is 5.24. The molecule has 92 valence electrons. The lowest BCUT2D eigenvalue weighted by molar-refractivity contribution is 0.0206. The van der Waals surface area contributed by atoms with Gasteiger partial charge in [0, 0.05) is 6.07 Å². The van der Waals surface area contributed by atoms with Crippen LogP contribution in [0.25, 0.3) is 0 Å². The van der Waals surface area contributed by atoms with Crippen LogP contribution in [-0.4, -0.2) is 18.5 Å². The molecule has 0 saturated carbocycles. The zero-order chi connectivity index (χ0) is 12.5. The molecule has 0 aliphatic carbocycles. The van der Waals surface area contributed by atoms with Crippen molar-refractivity contribution in [3.8, 4) is 17.2 Å². The normalized spacial score (nSPS) is 13.4. The molecule has 17 heavy (non-hydrogen) atoms. The standard InChI is InChI=1S/C12H14O5/c1-12(2,3)17-11(13)16-8-4-5-9-10(6-8)15-7-14-9/h4-6H,7H2,1-3H3. The summed E-state index contributed by atoms with van der Waals surface area (Å²) in [6.45, 7) is 5.50. The van der Waals surface area contributed by atoms with E-state index in [-0.39, 0.29) is 6.79 Å². The van der Waals surface area contributed by atoms with E-state index in [0.29, 0.717) is 17.2 Å². The third-order valence-corrected chi connectivity index (χ3v) is 1.93. The Kier molecular flexibility index (Phi) is 2.83. The van der Waals surface area contributed by atoms with Crippen molar-refractivity contribution in [1.29, 1.82) is 0 Å². The molecular weight excluding hydrogens is 224 g/mol. The van der Waals surface area contributed by atoms with Crippen molar-refractivity contribution in [2.45, 2.75) is 26.4 Å². The summed E-state index contributed by atoms with van der Waals surface area (Å²) < 4.78 is 20.4. The van der Waals surface area contributed by atoms with Crippen LogP contribution in [0.5, 0.6) is 17.2 Å². The van der Waals surface area contributed by atoms with Gasteiger partial charge >= 0.3 is 6.16 Å². The van der Waals surface area contributed by atoms with E-state index >= 15 is 0 Å². The number of rotatable bonds is 1. The summed E-state index contributed by atoms with van der Waals surface area (Å²) in [5.74, 6) is 1.57. The Balaban J connectivity index is 2.02. The third kappa shape index (κ3) is 3.03. The Labute approximate surface area is 99.2 Å². The number of fused-ring (bicyclic) bond motifs is 1. The molecule has 0 unspecified atom stereocenters. The Morgan fingerprint density at radius 2 is 1.94 bits per heavy atom. The average Bonchev–Trinajstić information content (AvgIpc) is 2.61. The zero-order valence-electron chi connectivity index (χ0n) is 9.98. The first-order chi connectivity index (χ1) is 7.94. The first kappa shape index (κ1) is 11.6. The number of hydrogen-bond acceptors (Lipinski definition) is 5. The van der Waals surface area contributed by atoms with Crippen LogP contribution >= 0.6 is 0 Å². The maximum absolute atomic E-state index is 11.4. The van der Waals surface area contributed by atoms with Crippen molar-refractivity contribution < 1.29 is 23.7 Å². The first-order valence-electron chi connectivity index (χ1n) is 5.24. The number of benzene rings is 1. The largest absolute Gasteiger partial charge is 0.514 e. The van der Waals surface area contributed by atoms with Gasteiger partial charge in [-0.3, -0.25) is 0 Å². The van der Waals surface area contributed by atoms with Crippen LogP contribution in [0.1, 0.15) is 20.8 Å².